The lowest BCUT2D eigenvalue weighted by atomic mass is 10.2. The Morgan fingerprint density at radius 3 is 3.05 bits per heavy atom. The molecule has 0 saturated heterocycles. The van der Waals surface area contributed by atoms with E-state index in [9.17, 15) is 0 Å². The van der Waals surface area contributed by atoms with Gasteiger partial charge in [0, 0.05) is 11.1 Å². The van der Waals surface area contributed by atoms with Crippen LogP contribution >= 0.6 is 11.3 Å². The van der Waals surface area contributed by atoms with Crippen molar-refractivity contribution >= 4 is 21.4 Å². The molecule has 2 heterocycles. The summed E-state index contributed by atoms with van der Waals surface area (Å²) in [6.07, 6.45) is 4.04. The van der Waals surface area contributed by atoms with Crippen molar-refractivity contribution < 1.29 is 0 Å². The molecule has 0 fully saturated rings. The van der Waals surface area contributed by atoms with Crippen molar-refractivity contribution in [3.05, 3.63) is 42.4 Å². The van der Waals surface area contributed by atoms with E-state index in [0.717, 1.165) is 30.9 Å². The molecule has 2 N–H and O–H groups in total. The van der Waals surface area contributed by atoms with Crippen LogP contribution in [-0.4, -0.2) is 23.6 Å². The molecule has 0 amide bonds. The number of benzene rings is 1. The number of hydrogen-bond acceptors (Lipinski definition) is 3. The fraction of sp³-hybridized carbons (Fsp3) is 0.267. The molecule has 0 radical (unpaired) electrons. The summed E-state index contributed by atoms with van der Waals surface area (Å²) in [6, 6.07) is 10.7. The van der Waals surface area contributed by atoms with E-state index >= 15 is 0 Å². The third-order valence-corrected chi connectivity index (χ3v) is 4.31. The average Bonchev–Trinajstić information content (AvgIpc) is 3.04. The van der Waals surface area contributed by atoms with E-state index in [1.807, 2.05) is 24.6 Å². The normalized spacial score (nSPS) is 11.2. The maximum absolute atomic E-state index is 4.46. The van der Waals surface area contributed by atoms with Gasteiger partial charge in [-0.05, 0) is 37.5 Å². The van der Waals surface area contributed by atoms with Crippen LogP contribution in [0.15, 0.2) is 36.5 Å². The van der Waals surface area contributed by atoms with Crippen molar-refractivity contribution in [3.63, 3.8) is 0 Å². The summed E-state index contributed by atoms with van der Waals surface area (Å²) >= 11 is 1.81. The van der Waals surface area contributed by atoms with Crippen LogP contribution in [0.2, 0.25) is 0 Å². The Kier molecular flexibility index (Phi) is 3.62. The highest BCUT2D eigenvalue weighted by Crippen LogP contribution is 2.32. The van der Waals surface area contributed by atoms with E-state index in [-0.39, 0.29) is 0 Å². The lowest BCUT2D eigenvalue weighted by Gasteiger charge is -1.96. The highest BCUT2D eigenvalue weighted by molar-refractivity contribution is 7.22. The maximum atomic E-state index is 4.46. The minimum Gasteiger partial charge on any atom is -0.341 e. The van der Waals surface area contributed by atoms with E-state index in [2.05, 4.69) is 45.6 Å². The van der Waals surface area contributed by atoms with Crippen LogP contribution in [0.4, 0.5) is 0 Å². The first-order valence-corrected chi connectivity index (χ1v) is 7.36. The van der Waals surface area contributed by atoms with E-state index in [1.165, 1.54) is 15.0 Å². The molecule has 3 aromatic rings. The van der Waals surface area contributed by atoms with Gasteiger partial charge < -0.3 is 10.3 Å². The molecular weight excluding hydrogens is 254 g/mol. The summed E-state index contributed by atoms with van der Waals surface area (Å²) in [5, 5.41) is 4.45. The smallest absolute Gasteiger partial charge is 0.106 e. The van der Waals surface area contributed by atoms with Crippen LogP contribution in [-0.2, 0) is 6.42 Å². The van der Waals surface area contributed by atoms with Gasteiger partial charge in [-0.15, -0.1) is 11.3 Å². The third kappa shape index (κ3) is 2.69. The molecule has 1 aromatic carbocycles. The SMILES string of the molecule is CNCCCc1ncc(-c2cc3ccccc3s2)[nH]1. The van der Waals surface area contributed by atoms with Crippen molar-refractivity contribution in [2.45, 2.75) is 12.8 Å². The standard InChI is InChI=1S/C15H17N3S/c1-16-8-4-7-15-17-10-12(18-15)14-9-11-5-2-3-6-13(11)19-14/h2-3,5-6,9-10,16H,4,7-8H2,1H3,(H,17,18). The average molecular weight is 271 g/mol. The Labute approximate surface area is 116 Å². The van der Waals surface area contributed by atoms with Crippen LogP contribution in [0, 0.1) is 0 Å². The number of hydrogen-bond donors (Lipinski definition) is 2. The van der Waals surface area contributed by atoms with E-state index in [1.54, 1.807) is 0 Å². The number of aromatic amines is 1. The van der Waals surface area contributed by atoms with Gasteiger partial charge in [0.1, 0.15) is 5.82 Å². The molecule has 0 atom stereocenters. The second kappa shape index (κ2) is 5.55. The number of imidazole rings is 1. The van der Waals surface area contributed by atoms with Crippen molar-refractivity contribution in [1.82, 2.24) is 15.3 Å². The first-order chi connectivity index (χ1) is 9.36. The molecule has 0 aliphatic rings. The largest absolute Gasteiger partial charge is 0.341 e. The summed E-state index contributed by atoms with van der Waals surface area (Å²) in [6.45, 7) is 1.03. The molecule has 4 heteroatoms. The Morgan fingerprint density at radius 2 is 2.21 bits per heavy atom. The summed E-state index contributed by atoms with van der Waals surface area (Å²) in [7, 11) is 1.98. The monoisotopic (exact) mass is 271 g/mol. The number of nitrogens with zero attached hydrogens (tertiary/aromatic N) is 1. The molecule has 19 heavy (non-hydrogen) atoms. The summed E-state index contributed by atoms with van der Waals surface area (Å²) in [4.78, 5) is 9.14. The van der Waals surface area contributed by atoms with Gasteiger partial charge in [0.15, 0.2) is 0 Å². The zero-order chi connectivity index (χ0) is 13.1. The zero-order valence-electron chi connectivity index (χ0n) is 10.9. The molecule has 0 spiro atoms. The first kappa shape index (κ1) is 12.4. The third-order valence-electron chi connectivity index (χ3n) is 3.16. The van der Waals surface area contributed by atoms with Crippen LogP contribution in [0.5, 0.6) is 0 Å². The molecule has 0 bridgehead atoms. The van der Waals surface area contributed by atoms with Crippen LogP contribution in [0.25, 0.3) is 20.7 Å². The van der Waals surface area contributed by atoms with Crippen molar-refractivity contribution in [2.75, 3.05) is 13.6 Å². The number of rotatable bonds is 5. The van der Waals surface area contributed by atoms with Crippen LogP contribution in [0.3, 0.4) is 0 Å². The van der Waals surface area contributed by atoms with Gasteiger partial charge in [0.2, 0.25) is 0 Å². The molecule has 3 nitrogen and oxygen atoms in total. The number of fused-ring (bicyclic) bond motifs is 1. The molecule has 3 rings (SSSR count). The highest BCUT2D eigenvalue weighted by atomic mass is 32.1. The van der Waals surface area contributed by atoms with Crippen LogP contribution < -0.4 is 5.32 Å². The summed E-state index contributed by atoms with van der Waals surface area (Å²) in [5.41, 5.74) is 1.13. The fourth-order valence-electron chi connectivity index (χ4n) is 2.16. The number of aromatic nitrogens is 2. The summed E-state index contributed by atoms with van der Waals surface area (Å²) in [5.74, 6) is 1.07. The molecule has 2 aromatic heterocycles. The lowest BCUT2D eigenvalue weighted by Crippen LogP contribution is -2.08. The lowest BCUT2D eigenvalue weighted by molar-refractivity contribution is 0.708. The van der Waals surface area contributed by atoms with E-state index < -0.39 is 0 Å². The highest BCUT2D eigenvalue weighted by Gasteiger charge is 2.07. The predicted molar refractivity (Wildman–Crippen MR) is 81.7 cm³/mol. The fourth-order valence-corrected chi connectivity index (χ4v) is 3.19. The van der Waals surface area contributed by atoms with Gasteiger partial charge in [0.25, 0.3) is 0 Å². The second-order valence-corrected chi connectivity index (χ2v) is 5.68. The van der Waals surface area contributed by atoms with Crippen LogP contribution in [0.1, 0.15) is 12.2 Å². The number of H-pyrrole nitrogens is 1. The molecule has 0 aliphatic carbocycles. The molecule has 0 saturated carbocycles. The second-order valence-electron chi connectivity index (χ2n) is 4.60. The Hall–Kier alpha value is -1.65. The Balaban J connectivity index is 1.81. The topological polar surface area (TPSA) is 40.7 Å². The van der Waals surface area contributed by atoms with E-state index in [0.29, 0.717) is 0 Å². The van der Waals surface area contributed by atoms with Gasteiger partial charge >= 0.3 is 0 Å². The van der Waals surface area contributed by atoms with Crippen molar-refractivity contribution in [1.29, 1.82) is 0 Å². The predicted octanol–water partition coefficient (Wildman–Crippen LogP) is 3.44. The minimum atomic E-state index is 0.992. The molecule has 98 valence electrons. The Bertz CT molecular complexity index is 636. The molecule has 0 unspecified atom stereocenters. The molecular formula is C15H17N3S. The number of nitrogens with one attached hydrogen (secondary N) is 2. The van der Waals surface area contributed by atoms with Gasteiger partial charge in [0.05, 0.1) is 16.8 Å². The van der Waals surface area contributed by atoms with Gasteiger partial charge in [-0.25, -0.2) is 4.98 Å². The van der Waals surface area contributed by atoms with Gasteiger partial charge in [-0.1, -0.05) is 18.2 Å². The summed E-state index contributed by atoms with van der Waals surface area (Å²) < 4.78 is 1.32. The minimum absolute atomic E-state index is 0.992. The van der Waals surface area contributed by atoms with Gasteiger partial charge in [-0.3, -0.25) is 0 Å². The number of thiophene rings is 1. The number of aryl methyl sites for hydroxylation is 1. The maximum Gasteiger partial charge on any atom is 0.106 e. The first-order valence-electron chi connectivity index (χ1n) is 6.54. The van der Waals surface area contributed by atoms with Crippen molar-refractivity contribution in [2.24, 2.45) is 0 Å². The quantitative estimate of drug-likeness (QED) is 0.698. The molecule has 0 aliphatic heterocycles. The van der Waals surface area contributed by atoms with Gasteiger partial charge in [-0.2, -0.15) is 0 Å². The zero-order valence-corrected chi connectivity index (χ0v) is 11.8. The van der Waals surface area contributed by atoms with Crippen molar-refractivity contribution in [3.8, 4) is 10.6 Å². The Morgan fingerprint density at radius 1 is 1.32 bits per heavy atom. The van der Waals surface area contributed by atoms with E-state index in [4.69, 9.17) is 0 Å².